The zero-order valence-corrected chi connectivity index (χ0v) is 64.3. The third kappa shape index (κ3) is 25.7. The number of guanidine groups is 1. The molecular weight excluding hydrogens is 1540 g/mol. The summed E-state index contributed by atoms with van der Waals surface area (Å²) in [6.07, 6.45) is -10.6. The summed E-state index contributed by atoms with van der Waals surface area (Å²) in [6, 6.07) is -8.13. The minimum absolute atomic E-state index is 0.112. The summed E-state index contributed by atoms with van der Waals surface area (Å²) in [5.41, 5.74) is 6.93. The van der Waals surface area contributed by atoms with Crippen LogP contribution < -0.4 is 80.2 Å². The average molecular weight is 1640 g/mol. The van der Waals surface area contributed by atoms with E-state index in [9.17, 15) is 63.9 Å². The number of esters is 2. The molecule has 0 aliphatic carbocycles. The van der Waals surface area contributed by atoms with Gasteiger partial charge in [-0.05, 0) is 119 Å². The Kier molecular flexibility index (Phi) is 32.0. The number of aromatic amines is 1. The quantitative estimate of drug-likeness (QED) is 0.0180. The van der Waals surface area contributed by atoms with Crippen molar-refractivity contribution < 1.29 is 117 Å². The second-order valence-electron chi connectivity index (χ2n) is 28.8. The van der Waals surface area contributed by atoms with Crippen molar-refractivity contribution in [2.24, 2.45) is 5.73 Å². The zero-order valence-electron chi connectivity index (χ0n) is 64.3. The minimum atomic E-state index is -2.68. The molecule has 117 heavy (non-hydrogen) atoms. The molecular formula is C75H98N18O24. The molecule has 4 aliphatic heterocycles. The number of carboxylic acid groups (broad SMARTS) is 1. The minimum Gasteiger partial charge on any atom is -0.508 e. The van der Waals surface area contributed by atoms with Gasteiger partial charge in [0, 0.05) is 69.3 Å². The van der Waals surface area contributed by atoms with E-state index in [4.69, 9.17) is 20.6 Å². The number of aliphatic hydroxyl groups excluding tert-OH is 2. The third-order valence-electron chi connectivity index (χ3n) is 19.7. The summed E-state index contributed by atoms with van der Waals surface area (Å²) in [5.74, 6) is -22.7. The van der Waals surface area contributed by atoms with Gasteiger partial charge in [-0.15, -0.1) is 0 Å². The Morgan fingerprint density at radius 2 is 1.25 bits per heavy atom. The molecule has 14 amide bonds. The number of nitrogens with two attached hydrogens (primary N) is 1. The molecule has 632 valence electrons. The van der Waals surface area contributed by atoms with Gasteiger partial charge in [0.25, 0.3) is 5.91 Å². The number of H-pyrrole nitrogens is 1. The second-order valence-corrected chi connectivity index (χ2v) is 28.8. The van der Waals surface area contributed by atoms with Gasteiger partial charge in [-0.1, -0.05) is 42.5 Å². The molecule has 4 saturated heterocycles. The summed E-state index contributed by atoms with van der Waals surface area (Å²) < 4.78 is 11.4. The maximum Gasteiger partial charge on any atom is 0.326 e. The normalized spacial score (nSPS) is 25.1. The number of nitrogens with zero attached hydrogens (tertiary/aromatic N) is 1. The van der Waals surface area contributed by atoms with Crippen molar-refractivity contribution in [3.63, 3.8) is 0 Å². The molecule has 1 aromatic heterocycles. The monoisotopic (exact) mass is 1630 g/mol. The van der Waals surface area contributed by atoms with E-state index in [1.807, 2.05) is 0 Å². The second kappa shape index (κ2) is 41.8. The fourth-order valence-electron chi connectivity index (χ4n) is 13.4. The number of fused-ring (bicyclic) bond motifs is 13. The number of phenols is 2. The number of amides is 14. The van der Waals surface area contributed by atoms with E-state index >= 15 is 43.2 Å². The van der Waals surface area contributed by atoms with Crippen molar-refractivity contribution in [2.45, 2.75) is 208 Å². The number of carboxylic acids is 1. The number of benzene rings is 3. The number of aromatic hydroxyl groups is 2. The van der Waals surface area contributed by atoms with Gasteiger partial charge in [-0.25, -0.2) is 4.79 Å². The average Bonchev–Trinajstić information content (AvgIpc) is 1.67. The molecule has 42 nitrogen and oxygen atoms in total. The first-order valence-electron chi connectivity index (χ1n) is 37.9. The van der Waals surface area contributed by atoms with Crippen LogP contribution in [0.5, 0.6) is 11.5 Å². The van der Waals surface area contributed by atoms with Crippen LogP contribution >= 0.6 is 0 Å². The summed E-state index contributed by atoms with van der Waals surface area (Å²) in [5, 5.41) is 95.1. The fraction of sp³-hybridized carbons (Fsp3) is 0.493. The van der Waals surface area contributed by atoms with Crippen LogP contribution in [0.3, 0.4) is 0 Å². The number of carbonyl (C=O) groups is 17. The molecule has 0 spiro atoms. The summed E-state index contributed by atoms with van der Waals surface area (Å²) in [7, 11) is 0. The lowest BCUT2D eigenvalue weighted by Crippen LogP contribution is -2.63. The number of hydrogen-bond donors (Lipinski definition) is 22. The highest BCUT2D eigenvalue weighted by Crippen LogP contribution is 2.24. The van der Waals surface area contributed by atoms with Crippen molar-refractivity contribution in [1.29, 1.82) is 5.41 Å². The Labute approximate surface area is 668 Å². The maximum atomic E-state index is 15.5. The predicted molar refractivity (Wildman–Crippen MR) is 407 cm³/mol. The SMILES string of the molecule is CC(=O)N[C@H](C(=O)N[C@@H](C)C(=O)N[C@@H]1C(=O)N[C@@H](CCCNC(=N)N)C(=O)N[C@H]2CCCCNC(=O)[C@@H](O)[C@@H](C(=O)N[C@@H](Cc3ccc(O)cc3)C(=O)O)NC(=O)[C@@H]3CCC(=O)OC[C@H](NC(=O)[C@@H]4CCCN4C(=O)[C@H](Cc4ccc(O)cc4)NC2=O)C(=O)N[C@@H](CC(=O)O[C@H]1C)C(=O)N[C@@H](Cc1c[nH]c2ccccc12)C(=O)N3)[C@@H](C)O. The largest absolute Gasteiger partial charge is 0.508 e. The fourth-order valence-corrected chi connectivity index (χ4v) is 13.4. The van der Waals surface area contributed by atoms with Crippen LogP contribution in [0.25, 0.3) is 10.9 Å². The third-order valence-corrected chi connectivity index (χ3v) is 19.7. The van der Waals surface area contributed by atoms with Gasteiger partial charge in [0.1, 0.15) is 103 Å². The van der Waals surface area contributed by atoms with Crippen LogP contribution in [0, 0.1) is 5.41 Å². The summed E-state index contributed by atoms with van der Waals surface area (Å²) in [4.78, 5) is 253. The van der Waals surface area contributed by atoms with Gasteiger partial charge in [0.15, 0.2) is 12.1 Å². The van der Waals surface area contributed by atoms with Gasteiger partial charge < -0.3 is 125 Å². The van der Waals surface area contributed by atoms with Gasteiger partial charge in [-0.3, -0.25) is 82.1 Å². The van der Waals surface area contributed by atoms with E-state index < -0.39 is 262 Å². The van der Waals surface area contributed by atoms with E-state index in [2.05, 4.69) is 79.4 Å². The number of aliphatic hydroxyl groups is 2. The Morgan fingerprint density at radius 1 is 0.641 bits per heavy atom. The smallest absolute Gasteiger partial charge is 0.326 e. The first kappa shape index (κ1) is 89.5. The highest BCUT2D eigenvalue weighted by atomic mass is 16.5. The number of hydrogen-bond acceptors (Lipinski definition) is 24. The molecule has 4 aliphatic rings. The highest BCUT2D eigenvalue weighted by molar-refractivity contribution is 6.02. The standard InChI is InChI=1S/C75H98N18O24/c1-35(81-69(109)57(36(2)94)82-38(4)95)61(101)91-58-37(3)117-56(99)32-50-66(106)86-49(31-41-33-80-45-12-6-5-11-44(41)45)65(105)84-48-24-25-55(98)116-34-53(67(107)87-50)90-68(108)54-15-10-28-93(54)73(113)51(29-39-16-20-42(96)21-17-39)88-63(103)46(83-62(102)47(85-70(58)110)14-9-27-79-75(76)77)13-7-8-26-78-72(112)60(100)59(92-64(48)104)71(111)89-52(74(114)115)30-40-18-22-43(97)23-19-40/h5-6,11-12,16-23,33,35-37,46-54,57-60,80,94,96-97,100H,7-10,13-15,24-32,34H2,1-4H3,(H,78,112)(H,81,109)(H,82,95)(H,83,102)(H,84,105)(H,85,110)(H,86,106)(H,87,107)(H,88,103)(H,89,111)(H,90,108)(H,91,101)(H,92,104)(H,114,115)(H4,76,77,79)/t35-,36+,37-,46-,47-,48-,49-,50-,51-,52-,53-,54-,57-,58-,59-,60-/m0/s1. The number of aliphatic carboxylic acids is 1. The van der Waals surface area contributed by atoms with Crippen LogP contribution in [-0.2, 0) is 110 Å². The summed E-state index contributed by atoms with van der Waals surface area (Å²) >= 11 is 0. The number of rotatable bonds is 19. The topological polar surface area (TPSA) is 647 Å². The molecule has 0 unspecified atom stereocenters. The molecule has 42 heteroatoms. The number of nitrogens with one attached hydrogen (secondary N) is 16. The molecule has 4 aromatic rings. The van der Waals surface area contributed by atoms with Crippen molar-refractivity contribution >= 4 is 117 Å². The van der Waals surface area contributed by atoms with Crippen molar-refractivity contribution in [3.8, 4) is 11.5 Å². The number of cyclic esters (lactones) is 1. The highest BCUT2D eigenvalue weighted by Gasteiger charge is 2.45. The predicted octanol–water partition coefficient (Wildman–Crippen LogP) is -6.48. The number of aromatic nitrogens is 1. The van der Waals surface area contributed by atoms with E-state index in [1.165, 1.54) is 54.7 Å². The Morgan fingerprint density at radius 3 is 1.91 bits per heavy atom. The molecule has 5 heterocycles. The number of ether oxygens (including phenoxy) is 2. The van der Waals surface area contributed by atoms with Crippen LogP contribution in [0.1, 0.15) is 109 Å². The lowest BCUT2D eigenvalue weighted by atomic mass is 10.0. The van der Waals surface area contributed by atoms with Gasteiger partial charge >= 0.3 is 17.9 Å². The first-order valence-corrected chi connectivity index (χ1v) is 37.9. The summed E-state index contributed by atoms with van der Waals surface area (Å²) in [6.45, 7) is 2.40. The molecule has 0 radical (unpaired) electrons. The molecule has 4 fully saturated rings. The lowest BCUT2D eigenvalue weighted by Gasteiger charge is -2.31. The van der Waals surface area contributed by atoms with Crippen molar-refractivity contribution in [2.75, 3.05) is 26.2 Å². The maximum absolute atomic E-state index is 15.5. The van der Waals surface area contributed by atoms with Crippen LogP contribution in [0.2, 0.25) is 0 Å². The molecule has 0 saturated carbocycles. The first-order chi connectivity index (χ1) is 55.5. The number of phenolic OH excluding ortho intramolecular Hbond substituents is 2. The van der Waals surface area contributed by atoms with E-state index in [1.54, 1.807) is 24.3 Å². The molecule has 16 atom stereocenters. The van der Waals surface area contributed by atoms with E-state index in [0.717, 1.165) is 32.6 Å². The van der Waals surface area contributed by atoms with Crippen LogP contribution in [0.4, 0.5) is 0 Å². The number of para-hydroxylation sites is 1. The molecule has 8 rings (SSSR count). The Hall–Kier alpha value is -13.0. The Balaban J connectivity index is 1.32. The van der Waals surface area contributed by atoms with Crippen LogP contribution in [0.15, 0.2) is 79.0 Å². The van der Waals surface area contributed by atoms with Gasteiger partial charge in [0.05, 0.1) is 12.5 Å². The van der Waals surface area contributed by atoms with Crippen molar-refractivity contribution in [3.05, 3.63) is 95.7 Å². The van der Waals surface area contributed by atoms with Gasteiger partial charge in [0.2, 0.25) is 76.8 Å². The zero-order chi connectivity index (χ0) is 85.5. The molecule has 4 bridgehead atoms. The van der Waals surface area contributed by atoms with E-state index in [0.29, 0.717) is 22.0 Å². The number of carbonyl (C=O) groups excluding carboxylic acids is 16. The molecule has 23 N–H and O–H groups in total. The van der Waals surface area contributed by atoms with Crippen LogP contribution in [-0.4, -0.2) is 265 Å². The molecule has 3 aromatic carbocycles. The van der Waals surface area contributed by atoms with Crippen molar-refractivity contribution in [1.82, 2.24) is 84.3 Å². The lowest BCUT2D eigenvalue weighted by molar-refractivity contribution is -0.154. The van der Waals surface area contributed by atoms with E-state index in [-0.39, 0.29) is 68.7 Å². The Bertz CT molecular complexity index is 4370. The van der Waals surface area contributed by atoms with Gasteiger partial charge in [-0.2, -0.15) is 0 Å².